The van der Waals surface area contributed by atoms with Crippen LogP contribution in [-0.4, -0.2) is 36.0 Å². The first-order valence-corrected chi connectivity index (χ1v) is 12.4. The summed E-state index contributed by atoms with van der Waals surface area (Å²) in [7, 11) is 0. The van der Waals surface area contributed by atoms with Gasteiger partial charge in [-0.15, -0.1) is 0 Å². The van der Waals surface area contributed by atoms with Gasteiger partial charge in [0.1, 0.15) is 0 Å². The molecule has 1 aliphatic heterocycles. The highest BCUT2D eigenvalue weighted by Crippen LogP contribution is 2.37. The standard InChI is InChI=1S/C28H27ClF6N2/c29-25-9-6-20(7-10-25)19-36-12-14-37(15-13-36)26(22-4-2-1-3-5-22)11-8-21-16-23(27(30,31)32)18-24(17-21)28(33,34)35/h1-7,9-10,16-18,26H,8,11-15,19H2. The Bertz CT molecular complexity index is 1120. The minimum absolute atomic E-state index is 0.0319. The molecule has 3 aromatic rings. The molecule has 0 spiro atoms. The van der Waals surface area contributed by atoms with E-state index in [1.54, 1.807) is 0 Å². The van der Waals surface area contributed by atoms with Crippen molar-refractivity contribution in [2.75, 3.05) is 26.2 Å². The predicted octanol–water partition coefficient (Wildman–Crippen LogP) is 7.87. The molecule has 1 unspecified atom stereocenters. The van der Waals surface area contributed by atoms with E-state index in [1.165, 1.54) is 0 Å². The molecule has 1 saturated heterocycles. The summed E-state index contributed by atoms with van der Waals surface area (Å²) in [6.07, 6.45) is -9.21. The third-order valence-electron chi connectivity index (χ3n) is 6.71. The molecule has 9 heteroatoms. The molecule has 0 radical (unpaired) electrons. The lowest BCUT2D eigenvalue weighted by Gasteiger charge is -2.39. The Hall–Kier alpha value is -2.55. The molecular formula is C28H27ClF6N2. The van der Waals surface area contributed by atoms with Gasteiger partial charge in [0.2, 0.25) is 0 Å². The Morgan fingerprint density at radius 2 is 1.27 bits per heavy atom. The zero-order valence-electron chi connectivity index (χ0n) is 20.0. The lowest BCUT2D eigenvalue weighted by molar-refractivity contribution is -0.143. The maximum Gasteiger partial charge on any atom is 0.416 e. The van der Waals surface area contributed by atoms with Crippen LogP contribution in [0.25, 0.3) is 0 Å². The molecule has 0 aromatic heterocycles. The first-order valence-electron chi connectivity index (χ1n) is 12.0. The molecular weight excluding hydrogens is 514 g/mol. The van der Waals surface area contributed by atoms with E-state index in [4.69, 9.17) is 11.6 Å². The van der Waals surface area contributed by atoms with Crippen LogP contribution in [0.4, 0.5) is 26.3 Å². The number of hydrogen-bond acceptors (Lipinski definition) is 2. The molecule has 198 valence electrons. The smallest absolute Gasteiger partial charge is 0.297 e. The van der Waals surface area contributed by atoms with E-state index in [0.29, 0.717) is 11.4 Å². The van der Waals surface area contributed by atoms with Crippen LogP contribution < -0.4 is 0 Å². The lowest BCUT2D eigenvalue weighted by atomic mass is 9.95. The van der Waals surface area contributed by atoms with Gasteiger partial charge < -0.3 is 0 Å². The van der Waals surface area contributed by atoms with E-state index in [1.807, 2.05) is 54.6 Å². The van der Waals surface area contributed by atoms with E-state index in [9.17, 15) is 26.3 Å². The van der Waals surface area contributed by atoms with Gasteiger partial charge in [-0.3, -0.25) is 9.80 Å². The lowest BCUT2D eigenvalue weighted by Crippen LogP contribution is -2.47. The van der Waals surface area contributed by atoms with Gasteiger partial charge in [-0.25, -0.2) is 0 Å². The van der Waals surface area contributed by atoms with Crippen molar-refractivity contribution >= 4 is 11.6 Å². The van der Waals surface area contributed by atoms with Gasteiger partial charge in [0.25, 0.3) is 0 Å². The second-order valence-electron chi connectivity index (χ2n) is 9.32. The molecule has 37 heavy (non-hydrogen) atoms. The van der Waals surface area contributed by atoms with Crippen molar-refractivity contribution in [3.63, 3.8) is 0 Å². The maximum absolute atomic E-state index is 13.3. The molecule has 0 saturated carbocycles. The quantitative estimate of drug-likeness (QED) is 0.281. The Kier molecular flexibility index (Phi) is 8.51. The molecule has 2 nitrogen and oxygen atoms in total. The molecule has 0 N–H and O–H groups in total. The summed E-state index contributed by atoms with van der Waals surface area (Å²) < 4.78 is 79.9. The maximum atomic E-state index is 13.3. The van der Waals surface area contributed by atoms with Crippen molar-refractivity contribution in [2.45, 2.75) is 37.8 Å². The van der Waals surface area contributed by atoms with Gasteiger partial charge in [-0.2, -0.15) is 26.3 Å². The molecule has 1 atom stereocenters. The summed E-state index contributed by atoms with van der Waals surface area (Å²) in [6, 6.07) is 19.0. The van der Waals surface area contributed by atoms with E-state index in [2.05, 4.69) is 9.80 Å². The third kappa shape index (κ3) is 7.49. The van der Waals surface area contributed by atoms with Crippen LogP contribution in [0, 0.1) is 0 Å². The van der Waals surface area contributed by atoms with Crippen molar-refractivity contribution in [3.8, 4) is 0 Å². The zero-order valence-corrected chi connectivity index (χ0v) is 20.8. The summed E-state index contributed by atoms with van der Waals surface area (Å²) in [5.41, 5.74) is -0.364. The van der Waals surface area contributed by atoms with Gasteiger partial charge in [0.15, 0.2) is 0 Å². The average molecular weight is 541 g/mol. The van der Waals surface area contributed by atoms with E-state index in [-0.39, 0.29) is 24.1 Å². The number of aryl methyl sites for hydroxylation is 1. The van der Waals surface area contributed by atoms with Crippen molar-refractivity contribution in [2.24, 2.45) is 0 Å². The largest absolute Gasteiger partial charge is 0.416 e. The van der Waals surface area contributed by atoms with Crippen LogP contribution in [-0.2, 0) is 25.3 Å². The fourth-order valence-electron chi connectivity index (χ4n) is 4.78. The van der Waals surface area contributed by atoms with Crippen LogP contribution >= 0.6 is 11.6 Å². The number of halogens is 7. The van der Waals surface area contributed by atoms with Crippen LogP contribution in [0.15, 0.2) is 72.8 Å². The average Bonchev–Trinajstić information content (AvgIpc) is 2.86. The van der Waals surface area contributed by atoms with Crippen LogP contribution in [0.1, 0.15) is 40.3 Å². The Balaban J connectivity index is 1.48. The first-order chi connectivity index (χ1) is 17.5. The van der Waals surface area contributed by atoms with E-state index < -0.39 is 23.5 Å². The fourth-order valence-corrected chi connectivity index (χ4v) is 4.91. The van der Waals surface area contributed by atoms with Gasteiger partial charge in [-0.05, 0) is 59.9 Å². The third-order valence-corrected chi connectivity index (χ3v) is 6.96. The molecule has 1 heterocycles. The summed E-state index contributed by atoms with van der Waals surface area (Å²) in [4.78, 5) is 4.59. The van der Waals surface area contributed by atoms with Crippen molar-refractivity contribution in [1.29, 1.82) is 0 Å². The molecule has 1 aliphatic rings. The summed E-state index contributed by atoms with van der Waals surface area (Å²) >= 11 is 5.97. The van der Waals surface area contributed by atoms with Crippen LogP contribution in [0.2, 0.25) is 5.02 Å². The molecule has 0 bridgehead atoms. The van der Waals surface area contributed by atoms with Crippen LogP contribution in [0.5, 0.6) is 0 Å². The minimum Gasteiger partial charge on any atom is -0.297 e. The topological polar surface area (TPSA) is 6.48 Å². The van der Waals surface area contributed by atoms with Crippen LogP contribution in [0.3, 0.4) is 0 Å². The molecule has 1 fully saturated rings. The second-order valence-corrected chi connectivity index (χ2v) is 9.75. The zero-order chi connectivity index (χ0) is 26.6. The van der Waals surface area contributed by atoms with Gasteiger partial charge in [0.05, 0.1) is 11.1 Å². The number of piperazine rings is 1. The fraction of sp³-hybridized carbons (Fsp3) is 0.357. The van der Waals surface area contributed by atoms with Gasteiger partial charge >= 0.3 is 12.4 Å². The first kappa shape index (κ1) is 27.5. The molecule has 3 aromatic carbocycles. The Labute approximate surface area is 217 Å². The number of nitrogens with zero attached hydrogens (tertiary/aromatic N) is 2. The van der Waals surface area contributed by atoms with Gasteiger partial charge in [0, 0.05) is 43.8 Å². The Morgan fingerprint density at radius 1 is 0.703 bits per heavy atom. The van der Waals surface area contributed by atoms with Crippen molar-refractivity contribution in [1.82, 2.24) is 9.80 Å². The molecule has 0 aliphatic carbocycles. The van der Waals surface area contributed by atoms with Crippen molar-refractivity contribution < 1.29 is 26.3 Å². The summed E-state index contributed by atoms with van der Waals surface area (Å²) in [5, 5.41) is 0.683. The van der Waals surface area contributed by atoms with E-state index >= 15 is 0 Å². The normalized spacial score (nSPS) is 16.6. The second kappa shape index (κ2) is 11.5. The predicted molar refractivity (Wildman–Crippen MR) is 132 cm³/mol. The van der Waals surface area contributed by atoms with Crippen molar-refractivity contribution in [3.05, 3.63) is 106 Å². The molecule has 0 amide bonds. The number of hydrogen-bond donors (Lipinski definition) is 0. The number of rotatable bonds is 7. The van der Waals surface area contributed by atoms with E-state index in [0.717, 1.165) is 56.0 Å². The summed E-state index contributed by atoms with van der Waals surface area (Å²) in [6.45, 7) is 3.86. The minimum atomic E-state index is -4.85. The monoisotopic (exact) mass is 540 g/mol. The molecule has 4 rings (SSSR count). The summed E-state index contributed by atoms with van der Waals surface area (Å²) in [5.74, 6) is 0. The number of benzene rings is 3. The van der Waals surface area contributed by atoms with Gasteiger partial charge in [-0.1, -0.05) is 54.1 Å². The highest BCUT2D eigenvalue weighted by atomic mass is 35.5. The number of alkyl halides is 6. The Morgan fingerprint density at radius 3 is 1.81 bits per heavy atom. The highest BCUT2D eigenvalue weighted by Gasteiger charge is 2.37. The SMILES string of the molecule is FC(F)(F)c1cc(CCC(c2ccccc2)N2CCN(Cc3ccc(Cl)cc3)CC2)cc(C(F)(F)F)c1. The highest BCUT2D eigenvalue weighted by molar-refractivity contribution is 6.30.